The van der Waals surface area contributed by atoms with E-state index in [0.717, 1.165) is 19.4 Å². The van der Waals surface area contributed by atoms with E-state index in [9.17, 15) is 4.79 Å². The minimum absolute atomic E-state index is 0.229. The Morgan fingerprint density at radius 2 is 2.13 bits per heavy atom. The molecule has 0 spiro atoms. The number of amides is 1. The first-order valence-electron chi connectivity index (χ1n) is 5.54. The Kier molecular flexibility index (Phi) is 5.05. The van der Waals surface area contributed by atoms with Crippen LogP contribution in [-0.4, -0.2) is 44.4 Å². The number of carbonyl (C=O) groups is 1. The summed E-state index contributed by atoms with van der Waals surface area (Å²) in [6.07, 6.45) is 2.67. The zero-order chi connectivity index (χ0) is 11.3. The zero-order valence-electron chi connectivity index (χ0n) is 9.86. The van der Waals surface area contributed by atoms with Gasteiger partial charge in [0.05, 0.1) is 6.54 Å². The van der Waals surface area contributed by atoms with Crippen molar-refractivity contribution in [3.05, 3.63) is 0 Å². The highest BCUT2D eigenvalue weighted by Gasteiger charge is 2.30. The quantitative estimate of drug-likeness (QED) is 0.626. The minimum Gasteiger partial charge on any atom is -0.354 e. The Hall–Kier alpha value is -0.610. The van der Waals surface area contributed by atoms with E-state index in [1.165, 1.54) is 0 Å². The van der Waals surface area contributed by atoms with Gasteiger partial charge in [-0.05, 0) is 12.3 Å². The summed E-state index contributed by atoms with van der Waals surface area (Å²) in [6, 6.07) is 0. The Morgan fingerprint density at radius 3 is 2.67 bits per heavy atom. The molecule has 15 heavy (non-hydrogen) atoms. The molecule has 1 aliphatic heterocycles. The first-order chi connectivity index (χ1) is 7.21. The maximum absolute atomic E-state index is 11.6. The molecule has 1 saturated heterocycles. The number of likely N-dealkylation sites (tertiary alicyclic amines) is 1. The molecule has 1 unspecified atom stereocenters. The first-order valence-corrected chi connectivity index (χ1v) is 5.54. The fraction of sp³-hybridized carbons (Fsp3) is 0.909. The van der Waals surface area contributed by atoms with E-state index in [2.05, 4.69) is 6.92 Å². The van der Waals surface area contributed by atoms with Crippen LogP contribution in [0.4, 0.5) is 0 Å². The summed E-state index contributed by atoms with van der Waals surface area (Å²) in [4.78, 5) is 13.5. The van der Waals surface area contributed by atoms with Gasteiger partial charge in [-0.2, -0.15) is 0 Å². The van der Waals surface area contributed by atoms with Crippen molar-refractivity contribution in [1.29, 1.82) is 0 Å². The van der Waals surface area contributed by atoms with Crippen LogP contribution in [0.25, 0.3) is 0 Å². The third-order valence-corrected chi connectivity index (χ3v) is 2.89. The van der Waals surface area contributed by atoms with E-state index >= 15 is 0 Å². The lowest BCUT2D eigenvalue weighted by molar-refractivity contribution is -0.141. The second kappa shape index (κ2) is 6.08. The standard InChI is InChI=1S/C11H21NO3/c1-4-5-9-6-10(13)12(7-9)8-11(14-2)15-3/h9,11H,4-8H2,1-3H3. The molecule has 0 aromatic rings. The van der Waals surface area contributed by atoms with Gasteiger partial charge >= 0.3 is 0 Å². The van der Waals surface area contributed by atoms with Crippen molar-refractivity contribution >= 4 is 5.91 Å². The summed E-state index contributed by atoms with van der Waals surface area (Å²) in [5.41, 5.74) is 0. The smallest absolute Gasteiger partial charge is 0.223 e. The maximum atomic E-state index is 11.6. The van der Waals surface area contributed by atoms with Crippen molar-refractivity contribution in [2.75, 3.05) is 27.3 Å². The predicted octanol–water partition coefficient (Wildman–Crippen LogP) is 1.25. The second-order valence-electron chi connectivity index (χ2n) is 4.06. The zero-order valence-corrected chi connectivity index (χ0v) is 9.86. The van der Waals surface area contributed by atoms with E-state index in [4.69, 9.17) is 9.47 Å². The number of methoxy groups -OCH3 is 2. The van der Waals surface area contributed by atoms with Gasteiger partial charge in [0, 0.05) is 27.2 Å². The highest BCUT2D eigenvalue weighted by atomic mass is 16.7. The normalized spacial score (nSPS) is 21.7. The van der Waals surface area contributed by atoms with E-state index in [-0.39, 0.29) is 12.2 Å². The van der Waals surface area contributed by atoms with Crippen LogP contribution in [0, 0.1) is 5.92 Å². The molecule has 1 aliphatic rings. The number of rotatable bonds is 6. The third kappa shape index (κ3) is 3.47. The summed E-state index contributed by atoms with van der Waals surface area (Å²) in [6.45, 7) is 3.56. The van der Waals surface area contributed by atoms with Crippen LogP contribution in [0.15, 0.2) is 0 Å². The van der Waals surface area contributed by atoms with Gasteiger partial charge in [0.15, 0.2) is 6.29 Å². The van der Waals surface area contributed by atoms with Crippen molar-refractivity contribution < 1.29 is 14.3 Å². The van der Waals surface area contributed by atoms with Gasteiger partial charge in [0.1, 0.15) is 0 Å². The molecule has 4 heteroatoms. The molecule has 0 aliphatic carbocycles. The monoisotopic (exact) mass is 215 g/mol. The molecule has 1 fully saturated rings. The highest BCUT2D eigenvalue weighted by molar-refractivity contribution is 5.78. The highest BCUT2D eigenvalue weighted by Crippen LogP contribution is 2.22. The molecule has 1 rings (SSSR count). The summed E-state index contributed by atoms with van der Waals surface area (Å²) in [5.74, 6) is 0.754. The van der Waals surface area contributed by atoms with E-state index in [1.54, 1.807) is 14.2 Å². The van der Waals surface area contributed by atoms with Crippen LogP contribution < -0.4 is 0 Å². The average molecular weight is 215 g/mol. The molecule has 0 radical (unpaired) electrons. The Morgan fingerprint density at radius 1 is 1.47 bits per heavy atom. The summed E-state index contributed by atoms with van der Waals surface area (Å²) >= 11 is 0. The lowest BCUT2D eigenvalue weighted by Gasteiger charge is -2.21. The molecule has 0 saturated carbocycles. The molecule has 1 amide bonds. The van der Waals surface area contributed by atoms with Gasteiger partial charge in [-0.15, -0.1) is 0 Å². The van der Waals surface area contributed by atoms with Crippen molar-refractivity contribution in [2.45, 2.75) is 32.5 Å². The Balaban J connectivity index is 2.39. The fourth-order valence-electron chi connectivity index (χ4n) is 2.06. The van der Waals surface area contributed by atoms with Crippen LogP contribution in [0.2, 0.25) is 0 Å². The number of hydrogen-bond acceptors (Lipinski definition) is 3. The predicted molar refractivity (Wildman–Crippen MR) is 57.4 cm³/mol. The van der Waals surface area contributed by atoms with E-state index < -0.39 is 0 Å². The van der Waals surface area contributed by atoms with Crippen LogP contribution in [-0.2, 0) is 14.3 Å². The van der Waals surface area contributed by atoms with Gasteiger partial charge in [-0.25, -0.2) is 0 Å². The van der Waals surface area contributed by atoms with Crippen LogP contribution in [0.3, 0.4) is 0 Å². The number of hydrogen-bond donors (Lipinski definition) is 0. The maximum Gasteiger partial charge on any atom is 0.223 e. The largest absolute Gasteiger partial charge is 0.354 e. The third-order valence-electron chi connectivity index (χ3n) is 2.89. The molecule has 1 heterocycles. The van der Waals surface area contributed by atoms with E-state index in [0.29, 0.717) is 18.9 Å². The van der Waals surface area contributed by atoms with Gasteiger partial charge < -0.3 is 14.4 Å². The number of nitrogens with zero attached hydrogens (tertiary/aromatic N) is 1. The molecule has 88 valence electrons. The lowest BCUT2D eigenvalue weighted by Crippen LogP contribution is -2.35. The summed E-state index contributed by atoms with van der Waals surface area (Å²) in [7, 11) is 3.19. The average Bonchev–Trinajstić information content (AvgIpc) is 2.56. The van der Waals surface area contributed by atoms with Gasteiger partial charge in [0.25, 0.3) is 0 Å². The van der Waals surface area contributed by atoms with Crippen molar-refractivity contribution in [3.8, 4) is 0 Å². The minimum atomic E-state index is -0.297. The van der Waals surface area contributed by atoms with Crippen molar-refractivity contribution in [2.24, 2.45) is 5.92 Å². The molecule has 4 nitrogen and oxygen atoms in total. The summed E-state index contributed by atoms with van der Waals surface area (Å²) in [5, 5.41) is 0. The van der Waals surface area contributed by atoms with Gasteiger partial charge in [0.2, 0.25) is 5.91 Å². The molecule has 0 aromatic carbocycles. The Labute approximate surface area is 91.5 Å². The van der Waals surface area contributed by atoms with Gasteiger partial charge in [-0.3, -0.25) is 4.79 Å². The molecular weight excluding hydrogens is 194 g/mol. The molecule has 0 N–H and O–H groups in total. The van der Waals surface area contributed by atoms with E-state index in [1.807, 2.05) is 4.90 Å². The number of carbonyl (C=O) groups excluding carboxylic acids is 1. The van der Waals surface area contributed by atoms with Gasteiger partial charge in [-0.1, -0.05) is 13.3 Å². The summed E-state index contributed by atoms with van der Waals surface area (Å²) < 4.78 is 10.2. The molecule has 0 aromatic heterocycles. The SMILES string of the molecule is CCCC1CC(=O)N(CC(OC)OC)C1. The van der Waals surface area contributed by atoms with Crippen molar-refractivity contribution in [3.63, 3.8) is 0 Å². The second-order valence-corrected chi connectivity index (χ2v) is 4.06. The van der Waals surface area contributed by atoms with Crippen LogP contribution >= 0.6 is 0 Å². The molecule has 0 bridgehead atoms. The first kappa shape index (κ1) is 12.5. The van der Waals surface area contributed by atoms with Crippen molar-refractivity contribution in [1.82, 2.24) is 4.90 Å². The Bertz CT molecular complexity index is 204. The van der Waals surface area contributed by atoms with Crippen LogP contribution in [0.1, 0.15) is 26.2 Å². The molecule has 1 atom stereocenters. The lowest BCUT2D eigenvalue weighted by atomic mass is 10.0. The fourth-order valence-corrected chi connectivity index (χ4v) is 2.06. The van der Waals surface area contributed by atoms with Crippen LogP contribution in [0.5, 0.6) is 0 Å². The number of ether oxygens (including phenoxy) is 2. The molecular formula is C11H21NO3. The topological polar surface area (TPSA) is 38.8 Å².